The molecular formula is C18H22N2O4S. The van der Waals surface area contributed by atoms with Crippen molar-refractivity contribution in [2.45, 2.75) is 37.8 Å². The van der Waals surface area contributed by atoms with Crippen LogP contribution in [0.5, 0.6) is 0 Å². The number of thiophene rings is 1. The first kappa shape index (κ1) is 17.7. The summed E-state index contributed by atoms with van der Waals surface area (Å²) in [7, 11) is 0. The van der Waals surface area contributed by atoms with Gasteiger partial charge in [0, 0.05) is 15.6 Å². The van der Waals surface area contributed by atoms with Crippen molar-refractivity contribution in [3.8, 4) is 0 Å². The zero-order valence-electron chi connectivity index (χ0n) is 13.8. The molecule has 1 unspecified atom stereocenters. The van der Waals surface area contributed by atoms with E-state index in [1.54, 1.807) is 0 Å². The number of nitrogens with one attached hydrogen (secondary N) is 2. The minimum atomic E-state index is -0.755. The van der Waals surface area contributed by atoms with E-state index in [0.717, 1.165) is 15.0 Å². The molecule has 2 aromatic rings. The molecule has 1 aliphatic carbocycles. The Labute approximate surface area is 149 Å². The quantitative estimate of drug-likeness (QED) is 0.657. The molecule has 4 N–H and O–H groups in total. The van der Waals surface area contributed by atoms with Gasteiger partial charge in [-0.15, -0.1) is 11.3 Å². The number of hydrogen-bond donors (Lipinski definition) is 4. The number of aliphatic hydroxyl groups is 1. The van der Waals surface area contributed by atoms with Gasteiger partial charge in [-0.05, 0) is 43.2 Å². The van der Waals surface area contributed by atoms with Crippen LogP contribution in [0, 0.1) is 5.92 Å². The van der Waals surface area contributed by atoms with Crippen LogP contribution in [0.1, 0.15) is 36.7 Å². The van der Waals surface area contributed by atoms with E-state index in [1.807, 2.05) is 30.3 Å². The molecule has 25 heavy (non-hydrogen) atoms. The molecule has 2 amide bonds. The highest BCUT2D eigenvalue weighted by Crippen LogP contribution is 2.29. The van der Waals surface area contributed by atoms with E-state index in [4.69, 9.17) is 5.11 Å². The van der Waals surface area contributed by atoms with Crippen LogP contribution in [0.25, 0.3) is 10.1 Å². The minimum Gasteiger partial charge on any atom is -0.481 e. The molecule has 1 atom stereocenters. The number of carbonyl (C=O) groups is 2. The number of urea groups is 1. The number of aliphatic hydroxyl groups excluding tert-OH is 1. The number of amides is 2. The van der Waals surface area contributed by atoms with Crippen molar-refractivity contribution in [3.63, 3.8) is 0 Å². The highest BCUT2D eigenvalue weighted by molar-refractivity contribution is 7.19. The molecular weight excluding hydrogens is 340 g/mol. The van der Waals surface area contributed by atoms with Crippen molar-refractivity contribution in [2.24, 2.45) is 5.92 Å². The molecule has 1 saturated carbocycles. The molecule has 134 valence electrons. The van der Waals surface area contributed by atoms with Crippen LogP contribution in [-0.4, -0.2) is 34.8 Å². The van der Waals surface area contributed by atoms with Gasteiger partial charge in [0.1, 0.15) is 6.10 Å². The predicted octanol–water partition coefficient (Wildman–Crippen LogP) is 2.88. The van der Waals surface area contributed by atoms with Gasteiger partial charge in [0.15, 0.2) is 0 Å². The van der Waals surface area contributed by atoms with Gasteiger partial charge in [0.2, 0.25) is 0 Å². The lowest BCUT2D eigenvalue weighted by atomic mass is 9.86. The Morgan fingerprint density at radius 3 is 2.60 bits per heavy atom. The Hall–Kier alpha value is -2.12. The number of fused-ring (bicyclic) bond motifs is 1. The Balaban J connectivity index is 1.45. The highest BCUT2D eigenvalue weighted by Gasteiger charge is 2.26. The second kappa shape index (κ2) is 7.84. The smallest absolute Gasteiger partial charge is 0.315 e. The van der Waals surface area contributed by atoms with Gasteiger partial charge in [-0.1, -0.05) is 18.2 Å². The third kappa shape index (κ3) is 4.49. The van der Waals surface area contributed by atoms with Crippen molar-refractivity contribution in [2.75, 3.05) is 6.54 Å². The molecule has 1 fully saturated rings. The van der Waals surface area contributed by atoms with Crippen molar-refractivity contribution in [1.29, 1.82) is 0 Å². The molecule has 0 bridgehead atoms. The lowest BCUT2D eigenvalue weighted by Gasteiger charge is -2.27. The SMILES string of the molecule is O=C(NCC(O)c1cc2ccccc2s1)NC1CCC(C(=O)O)CC1. The monoisotopic (exact) mass is 362 g/mol. The van der Waals surface area contributed by atoms with Gasteiger partial charge in [0.05, 0.1) is 12.5 Å². The summed E-state index contributed by atoms with van der Waals surface area (Å²) in [6, 6.07) is 9.53. The van der Waals surface area contributed by atoms with Crippen LogP contribution in [-0.2, 0) is 4.79 Å². The Morgan fingerprint density at radius 2 is 1.92 bits per heavy atom. The molecule has 1 aliphatic rings. The Morgan fingerprint density at radius 1 is 1.20 bits per heavy atom. The second-order valence-electron chi connectivity index (χ2n) is 6.44. The first-order valence-electron chi connectivity index (χ1n) is 8.46. The van der Waals surface area contributed by atoms with Gasteiger partial charge in [-0.2, -0.15) is 0 Å². The van der Waals surface area contributed by atoms with Crippen LogP contribution in [0.4, 0.5) is 4.79 Å². The van der Waals surface area contributed by atoms with Gasteiger partial charge in [0.25, 0.3) is 0 Å². The van der Waals surface area contributed by atoms with Crippen LogP contribution in [0.3, 0.4) is 0 Å². The van der Waals surface area contributed by atoms with E-state index < -0.39 is 12.1 Å². The normalized spacial score (nSPS) is 21.6. The molecule has 0 aliphatic heterocycles. The molecule has 1 aromatic carbocycles. The molecule has 0 spiro atoms. The Bertz CT molecular complexity index is 719. The number of aliphatic carboxylic acids is 1. The van der Waals surface area contributed by atoms with Crippen molar-refractivity contribution in [1.82, 2.24) is 10.6 Å². The highest BCUT2D eigenvalue weighted by atomic mass is 32.1. The van der Waals surface area contributed by atoms with E-state index in [-0.39, 0.29) is 24.5 Å². The van der Waals surface area contributed by atoms with Crippen LogP contribution in [0.2, 0.25) is 0 Å². The summed E-state index contributed by atoms with van der Waals surface area (Å²) in [6.07, 6.45) is 1.77. The molecule has 1 heterocycles. The molecule has 7 heteroatoms. The van der Waals surface area contributed by atoms with Crippen molar-refractivity contribution in [3.05, 3.63) is 35.2 Å². The summed E-state index contributed by atoms with van der Waals surface area (Å²) >= 11 is 1.52. The number of hydrogen-bond acceptors (Lipinski definition) is 4. The fourth-order valence-electron chi connectivity index (χ4n) is 3.18. The van der Waals surface area contributed by atoms with Crippen molar-refractivity contribution >= 4 is 33.4 Å². The summed E-state index contributed by atoms with van der Waals surface area (Å²) in [5.41, 5.74) is 0. The van der Waals surface area contributed by atoms with E-state index in [0.29, 0.717) is 25.7 Å². The van der Waals surface area contributed by atoms with Crippen LogP contribution >= 0.6 is 11.3 Å². The lowest BCUT2D eigenvalue weighted by Crippen LogP contribution is -2.45. The number of carboxylic acids is 1. The van der Waals surface area contributed by atoms with Crippen LogP contribution < -0.4 is 10.6 Å². The maximum atomic E-state index is 12.0. The third-order valence-electron chi connectivity index (χ3n) is 4.64. The maximum absolute atomic E-state index is 12.0. The van der Waals surface area contributed by atoms with Crippen LogP contribution in [0.15, 0.2) is 30.3 Å². The Kier molecular flexibility index (Phi) is 5.55. The molecule has 3 rings (SSSR count). The summed E-state index contributed by atoms with van der Waals surface area (Å²) in [5.74, 6) is -1.05. The molecule has 6 nitrogen and oxygen atoms in total. The second-order valence-corrected chi connectivity index (χ2v) is 7.56. The number of carbonyl (C=O) groups excluding carboxylic acids is 1. The number of benzene rings is 1. The fourth-order valence-corrected chi connectivity index (χ4v) is 4.23. The van der Waals surface area contributed by atoms with E-state index in [9.17, 15) is 14.7 Å². The fraction of sp³-hybridized carbons (Fsp3) is 0.444. The third-order valence-corrected chi connectivity index (χ3v) is 5.86. The summed E-state index contributed by atoms with van der Waals surface area (Å²) in [6.45, 7) is 0.142. The zero-order valence-corrected chi connectivity index (χ0v) is 14.6. The summed E-state index contributed by atoms with van der Waals surface area (Å²) in [4.78, 5) is 23.7. The minimum absolute atomic E-state index is 0.00271. The number of carboxylic acid groups (broad SMARTS) is 1. The molecule has 0 radical (unpaired) electrons. The maximum Gasteiger partial charge on any atom is 0.315 e. The number of rotatable bonds is 5. The average molecular weight is 362 g/mol. The van der Waals surface area contributed by atoms with E-state index in [2.05, 4.69) is 10.6 Å². The average Bonchev–Trinajstić information content (AvgIpc) is 3.04. The topological polar surface area (TPSA) is 98.7 Å². The predicted molar refractivity (Wildman–Crippen MR) is 96.7 cm³/mol. The molecule has 1 aromatic heterocycles. The summed E-state index contributed by atoms with van der Waals surface area (Å²) < 4.78 is 1.11. The standard InChI is InChI=1S/C18H22N2O4S/c21-14(16-9-12-3-1-2-4-15(12)25-16)10-19-18(24)20-13-7-5-11(6-8-13)17(22)23/h1-4,9,11,13-14,21H,5-8,10H2,(H,22,23)(H2,19,20,24). The zero-order chi connectivity index (χ0) is 17.8. The first-order valence-corrected chi connectivity index (χ1v) is 9.28. The first-order chi connectivity index (χ1) is 12.0. The van der Waals surface area contributed by atoms with Gasteiger partial charge in [-0.3, -0.25) is 4.79 Å². The molecule has 0 saturated heterocycles. The van der Waals surface area contributed by atoms with Gasteiger partial charge in [-0.25, -0.2) is 4.79 Å². The van der Waals surface area contributed by atoms with Gasteiger partial charge >= 0.3 is 12.0 Å². The van der Waals surface area contributed by atoms with Gasteiger partial charge < -0.3 is 20.8 Å². The van der Waals surface area contributed by atoms with E-state index in [1.165, 1.54) is 11.3 Å². The lowest BCUT2D eigenvalue weighted by molar-refractivity contribution is -0.142. The van der Waals surface area contributed by atoms with Crippen molar-refractivity contribution < 1.29 is 19.8 Å². The largest absolute Gasteiger partial charge is 0.481 e. The summed E-state index contributed by atoms with van der Waals surface area (Å²) in [5, 5.41) is 25.9. The van der Waals surface area contributed by atoms with E-state index >= 15 is 0 Å².